The number of nitrogens with one attached hydrogen (secondary N) is 2. The van der Waals surface area contributed by atoms with Gasteiger partial charge in [0.25, 0.3) is 11.8 Å². The van der Waals surface area contributed by atoms with Crippen LogP contribution in [0.25, 0.3) is 0 Å². The summed E-state index contributed by atoms with van der Waals surface area (Å²) in [5.74, 6) is -0.510. The molecule has 126 valence electrons. The van der Waals surface area contributed by atoms with E-state index < -0.39 is 0 Å². The Bertz CT molecular complexity index is 671. The van der Waals surface area contributed by atoms with Crippen LogP contribution >= 0.6 is 0 Å². The Morgan fingerprint density at radius 2 is 1.50 bits per heavy atom. The molecule has 5 nitrogen and oxygen atoms in total. The minimum atomic E-state index is -0.256. The van der Waals surface area contributed by atoms with E-state index in [1.165, 1.54) is 5.56 Å². The Morgan fingerprint density at radius 1 is 0.875 bits per heavy atom. The van der Waals surface area contributed by atoms with Crippen LogP contribution in [0.5, 0.6) is 0 Å². The molecule has 0 unspecified atom stereocenters. The Kier molecular flexibility index (Phi) is 6.95. The van der Waals surface area contributed by atoms with E-state index in [9.17, 15) is 9.59 Å². The zero-order valence-corrected chi connectivity index (χ0v) is 13.9. The number of nitrogens with zero attached hydrogens (tertiary/aromatic N) is 1. The van der Waals surface area contributed by atoms with Crippen molar-refractivity contribution >= 4 is 11.8 Å². The number of amides is 2. The number of rotatable bonds is 8. The fraction of sp³-hybridized carbons (Fsp3) is 0.316. The van der Waals surface area contributed by atoms with Gasteiger partial charge in [0.15, 0.2) is 0 Å². The number of aromatic nitrogens is 1. The van der Waals surface area contributed by atoms with Crippen LogP contribution in [0, 0.1) is 0 Å². The van der Waals surface area contributed by atoms with Crippen molar-refractivity contribution in [3.8, 4) is 0 Å². The van der Waals surface area contributed by atoms with E-state index in [1.807, 2.05) is 25.1 Å². The molecule has 2 aromatic rings. The molecule has 0 spiro atoms. The fourth-order valence-electron chi connectivity index (χ4n) is 2.25. The second-order valence-electron chi connectivity index (χ2n) is 5.51. The summed E-state index contributed by atoms with van der Waals surface area (Å²) in [6, 6.07) is 15.0. The lowest BCUT2D eigenvalue weighted by Gasteiger charge is -2.07. The maximum Gasteiger partial charge on any atom is 0.269 e. The summed E-state index contributed by atoms with van der Waals surface area (Å²) in [7, 11) is 0. The highest BCUT2D eigenvalue weighted by atomic mass is 16.2. The van der Waals surface area contributed by atoms with E-state index in [0.29, 0.717) is 13.1 Å². The van der Waals surface area contributed by atoms with Crippen molar-refractivity contribution < 1.29 is 9.59 Å². The summed E-state index contributed by atoms with van der Waals surface area (Å²) >= 11 is 0. The molecule has 0 aliphatic heterocycles. The third-order valence-electron chi connectivity index (χ3n) is 3.52. The van der Waals surface area contributed by atoms with Crippen LogP contribution in [0.1, 0.15) is 46.3 Å². The van der Waals surface area contributed by atoms with Gasteiger partial charge in [-0.3, -0.25) is 9.59 Å². The van der Waals surface area contributed by atoms with Gasteiger partial charge in [-0.05, 0) is 37.0 Å². The maximum atomic E-state index is 12.1. The second-order valence-corrected chi connectivity index (χ2v) is 5.51. The molecule has 2 rings (SSSR count). The molecule has 2 N–H and O–H groups in total. The van der Waals surface area contributed by atoms with Gasteiger partial charge in [-0.1, -0.05) is 43.3 Å². The van der Waals surface area contributed by atoms with E-state index in [-0.39, 0.29) is 23.2 Å². The standard InChI is InChI=1S/C19H23N3O2/c1-2-13-20-18(23)16-11-6-12-17(22-16)19(24)21-14-7-10-15-8-4-3-5-9-15/h3-6,8-9,11-12H,2,7,10,13-14H2,1H3,(H,20,23)(H,21,24). The van der Waals surface area contributed by atoms with Gasteiger partial charge in [-0.15, -0.1) is 0 Å². The fourth-order valence-corrected chi connectivity index (χ4v) is 2.25. The first-order chi connectivity index (χ1) is 11.7. The second kappa shape index (κ2) is 9.45. The molecular weight excluding hydrogens is 302 g/mol. The molecule has 0 saturated heterocycles. The van der Waals surface area contributed by atoms with Crippen LogP contribution < -0.4 is 10.6 Å². The smallest absolute Gasteiger partial charge is 0.269 e. The SMILES string of the molecule is CCCNC(=O)c1cccc(C(=O)NCCCc2ccccc2)n1. The molecule has 5 heteroatoms. The molecule has 0 atom stereocenters. The molecule has 0 aliphatic rings. The Balaban J connectivity index is 1.82. The summed E-state index contributed by atoms with van der Waals surface area (Å²) in [6.07, 6.45) is 2.62. The van der Waals surface area contributed by atoms with Crippen molar-refractivity contribution in [3.63, 3.8) is 0 Å². The van der Waals surface area contributed by atoms with Gasteiger partial charge in [0.1, 0.15) is 11.4 Å². The van der Waals surface area contributed by atoms with Crippen molar-refractivity contribution in [2.24, 2.45) is 0 Å². The first-order valence-corrected chi connectivity index (χ1v) is 8.28. The van der Waals surface area contributed by atoms with Gasteiger partial charge in [-0.2, -0.15) is 0 Å². The highest BCUT2D eigenvalue weighted by molar-refractivity contribution is 5.96. The van der Waals surface area contributed by atoms with Gasteiger partial charge >= 0.3 is 0 Å². The van der Waals surface area contributed by atoms with E-state index >= 15 is 0 Å². The topological polar surface area (TPSA) is 71.1 Å². The first-order valence-electron chi connectivity index (χ1n) is 8.28. The average molecular weight is 325 g/mol. The molecule has 1 aromatic heterocycles. The van der Waals surface area contributed by atoms with Crippen molar-refractivity contribution in [1.29, 1.82) is 0 Å². The minimum Gasteiger partial charge on any atom is -0.351 e. The molecule has 2 amide bonds. The average Bonchev–Trinajstić information content (AvgIpc) is 2.64. The molecule has 1 aromatic carbocycles. The number of benzene rings is 1. The number of aryl methyl sites for hydroxylation is 1. The van der Waals surface area contributed by atoms with E-state index in [4.69, 9.17) is 0 Å². The predicted molar refractivity (Wildman–Crippen MR) is 94.0 cm³/mol. The number of carbonyl (C=O) groups excluding carboxylic acids is 2. The van der Waals surface area contributed by atoms with Crippen molar-refractivity contribution in [2.45, 2.75) is 26.2 Å². The number of hydrogen-bond acceptors (Lipinski definition) is 3. The van der Waals surface area contributed by atoms with Crippen LogP contribution in [0.4, 0.5) is 0 Å². The third-order valence-corrected chi connectivity index (χ3v) is 3.52. The van der Waals surface area contributed by atoms with Crippen molar-refractivity contribution in [2.75, 3.05) is 13.1 Å². The van der Waals surface area contributed by atoms with E-state index in [1.54, 1.807) is 18.2 Å². The van der Waals surface area contributed by atoms with Crippen LogP contribution in [0.3, 0.4) is 0 Å². The molecule has 0 fully saturated rings. The van der Waals surface area contributed by atoms with Gasteiger partial charge < -0.3 is 10.6 Å². The van der Waals surface area contributed by atoms with E-state index in [0.717, 1.165) is 19.3 Å². The Labute approximate surface area is 142 Å². The Morgan fingerprint density at radius 3 is 2.12 bits per heavy atom. The summed E-state index contributed by atoms with van der Waals surface area (Å²) in [5, 5.41) is 5.60. The lowest BCUT2D eigenvalue weighted by molar-refractivity contribution is 0.0944. The Hall–Kier alpha value is -2.69. The highest BCUT2D eigenvalue weighted by Gasteiger charge is 2.11. The summed E-state index contributed by atoms with van der Waals surface area (Å²) in [5.41, 5.74) is 1.78. The highest BCUT2D eigenvalue weighted by Crippen LogP contribution is 2.03. The number of pyridine rings is 1. The van der Waals surface area contributed by atoms with Crippen LogP contribution in [-0.2, 0) is 6.42 Å². The quantitative estimate of drug-likeness (QED) is 0.733. The lowest BCUT2D eigenvalue weighted by Crippen LogP contribution is -2.28. The molecule has 0 aliphatic carbocycles. The lowest BCUT2D eigenvalue weighted by atomic mass is 10.1. The van der Waals surface area contributed by atoms with Gasteiger partial charge in [-0.25, -0.2) is 4.98 Å². The third kappa shape index (κ3) is 5.50. The van der Waals surface area contributed by atoms with Crippen molar-refractivity contribution in [3.05, 3.63) is 65.5 Å². The monoisotopic (exact) mass is 325 g/mol. The van der Waals surface area contributed by atoms with Gasteiger partial charge in [0.05, 0.1) is 0 Å². The molecule has 0 saturated carbocycles. The molecule has 0 bridgehead atoms. The molecule has 1 heterocycles. The first kappa shape index (κ1) is 17.7. The summed E-state index contributed by atoms with van der Waals surface area (Å²) in [4.78, 5) is 28.2. The van der Waals surface area contributed by atoms with Gasteiger partial charge in [0, 0.05) is 13.1 Å². The van der Waals surface area contributed by atoms with Crippen LogP contribution in [-0.4, -0.2) is 29.9 Å². The number of hydrogen-bond donors (Lipinski definition) is 2. The normalized spacial score (nSPS) is 10.2. The minimum absolute atomic E-state index is 0.254. The predicted octanol–water partition coefficient (Wildman–Crippen LogP) is 2.58. The maximum absolute atomic E-state index is 12.1. The summed E-state index contributed by atoms with van der Waals surface area (Å²) < 4.78 is 0. The summed E-state index contributed by atoms with van der Waals surface area (Å²) in [6.45, 7) is 3.14. The number of carbonyl (C=O) groups is 2. The zero-order chi connectivity index (χ0) is 17.2. The zero-order valence-electron chi connectivity index (χ0n) is 13.9. The molecule has 0 radical (unpaired) electrons. The van der Waals surface area contributed by atoms with Crippen molar-refractivity contribution in [1.82, 2.24) is 15.6 Å². The van der Waals surface area contributed by atoms with Gasteiger partial charge in [0.2, 0.25) is 0 Å². The largest absolute Gasteiger partial charge is 0.351 e. The van der Waals surface area contributed by atoms with Crippen LogP contribution in [0.15, 0.2) is 48.5 Å². The molecule has 24 heavy (non-hydrogen) atoms. The van der Waals surface area contributed by atoms with E-state index in [2.05, 4.69) is 27.8 Å². The molecular formula is C19H23N3O2. The van der Waals surface area contributed by atoms with Crippen LogP contribution in [0.2, 0.25) is 0 Å².